The molecule has 0 saturated heterocycles. The molecular formula is C17H22F3N3O4. The molecule has 0 aromatic heterocycles. The molecule has 0 aliphatic rings. The van der Waals surface area contributed by atoms with Crippen LogP contribution < -0.4 is 15.5 Å². The molecule has 1 aromatic rings. The number of rotatable bonds is 7. The average Bonchev–Trinajstić information content (AvgIpc) is 2.59. The van der Waals surface area contributed by atoms with E-state index in [1.807, 2.05) is 0 Å². The molecule has 0 saturated carbocycles. The number of alkyl halides is 3. The second-order valence-electron chi connectivity index (χ2n) is 5.87. The van der Waals surface area contributed by atoms with Crippen LogP contribution in [-0.2, 0) is 25.3 Å². The number of nitrogens with zero attached hydrogens (tertiary/aromatic N) is 1. The maximum atomic E-state index is 12.9. The fourth-order valence-electron chi connectivity index (χ4n) is 2.16. The highest BCUT2D eigenvalue weighted by molar-refractivity contribution is 6.39. The number of hydrogen-bond acceptors (Lipinski definition) is 5. The van der Waals surface area contributed by atoms with Crippen LogP contribution in [0.3, 0.4) is 0 Å². The zero-order chi connectivity index (χ0) is 20.6. The Morgan fingerprint density at radius 2 is 1.78 bits per heavy atom. The van der Waals surface area contributed by atoms with Crippen molar-refractivity contribution in [3.05, 3.63) is 23.8 Å². The summed E-state index contributed by atoms with van der Waals surface area (Å²) in [5.74, 6) is -2.43. The number of halogens is 3. The van der Waals surface area contributed by atoms with Crippen LogP contribution in [0.4, 0.5) is 24.5 Å². The zero-order valence-corrected chi connectivity index (χ0v) is 15.3. The van der Waals surface area contributed by atoms with Crippen molar-refractivity contribution in [2.75, 3.05) is 38.0 Å². The summed E-state index contributed by atoms with van der Waals surface area (Å²) in [6.07, 6.45) is -3.48. The zero-order valence-electron chi connectivity index (χ0n) is 15.3. The van der Waals surface area contributed by atoms with Gasteiger partial charge in [-0.1, -0.05) is 0 Å². The van der Waals surface area contributed by atoms with Crippen LogP contribution >= 0.6 is 0 Å². The molecule has 150 valence electrons. The van der Waals surface area contributed by atoms with Crippen molar-refractivity contribution < 1.29 is 32.3 Å². The van der Waals surface area contributed by atoms with Gasteiger partial charge in [-0.25, -0.2) is 0 Å². The van der Waals surface area contributed by atoms with E-state index in [1.54, 1.807) is 14.1 Å². The molecule has 0 radical (unpaired) electrons. The molecule has 0 aliphatic heterocycles. The van der Waals surface area contributed by atoms with Gasteiger partial charge in [0.2, 0.25) is 0 Å². The van der Waals surface area contributed by atoms with E-state index in [-0.39, 0.29) is 24.6 Å². The Hall–Kier alpha value is -2.78. The van der Waals surface area contributed by atoms with Crippen LogP contribution in [0, 0.1) is 0 Å². The van der Waals surface area contributed by atoms with E-state index in [1.165, 1.54) is 18.1 Å². The number of anilines is 2. The van der Waals surface area contributed by atoms with Gasteiger partial charge in [0.1, 0.15) is 0 Å². The topological polar surface area (TPSA) is 87.7 Å². The van der Waals surface area contributed by atoms with E-state index in [0.29, 0.717) is 18.5 Å². The van der Waals surface area contributed by atoms with E-state index in [2.05, 4.69) is 15.4 Å². The first kappa shape index (κ1) is 22.3. The Balaban J connectivity index is 2.69. The second kappa shape index (κ2) is 9.79. The smallest absolute Gasteiger partial charge is 0.416 e. The standard InChI is InChI=1S/C17H22F3N3O4/c1-23(2)13-8-7-11(17(18,19)20)10-12(13)22-16(26)15(25)21-9-5-4-6-14(24)27-3/h7-8,10H,4-6,9H2,1-3H3,(H,21,25)(H,22,26). The van der Waals surface area contributed by atoms with E-state index in [9.17, 15) is 27.6 Å². The van der Waals surface area contributed by atoms with E-state index >= 15 is 0 Å². The fourth-order valence-corrected chi connectivity index (χ4v) is 2.16. The van der Waals surface area contributed by atoms with E-state index in [4.69, 9.17) is 0 Å². The Morgan fingerprint density at radius 3 is 2.33 bits per heavy atom. The van der Waals surface area contributed by atoms with Crippen LogP contribution in [0.1, 0.15) is 24.8 Å². The molecule has 0 spiro atoms. The molecule has 1 aromatic carbocycles. The van der Waals surface area contributed by atoms with Crippen molar-refractivity contribution in [3.8, 4) is 0 Å². The molecule has 2 N–H and O–H groups in total. The summed E-state index contributed by atoms with van der Waals surface area (Å²) in [7, 11) is 4.46. The quantitative estimate of drug-likeness (QED) is 0.424. The number of hydrogen-bond donors (Lipinski definition) is 2. The number of ether oxygens (including phenoxy) is 1. The first-order valence-electron chi connectivity index (χ1n) is 8.10. The van der Waals surface area contributed by atoms with Crippen molar-refractivity contribution in [1.29, 1.82) is 0 Å². The summed E-state index contributed by atoms with van der Waals surface area (Å²) >= 11 is 0. The molecule has 0 atom stereocenters. The number of benzene rings is 1. The number of carbonyl (C=O) groups is 3. The maximum absolute atomic E-state index is 12.9. The van der Waals surface area contributed by atoms with Gasteiger partial charge in [-0.15, -0.1) is 0 Å². The Kier molecular flexibility index (Phi) is 8.07. The van der Waals surface area contributed by atoms with Gasteiger partial charge in [-0.2, -0.15) is 13.2 Å². The van der Waals surface area contributed by atoms with Gasteiger partial charge >= 0.3 is 24.0 Å². The van der Waals surface area contributed by atoms with Crippen LogP contribution in [0.5, 0.6) is 0 Å². The lowest BCUT2D eigenvalue weighted by Crippen LogP contribution is -2.36. The molecule has 7 nitrogen and oxygen atoms in total. The van der Waals surface area contributed by atoms with Crippen molar-refractivity contribution in [1.82, 2.24) is 5.32 Å². The molecule has 1 rings (SSSR count). The SMILES string of the molecule is COC(=O)CCCCNC(=O)C(=O)Nc1cc(C(F)(F)F)ccc1N(C)C. The molecule has 2 amide bonds. The molecule has 0 heterocycles. The summed E-state index contributed by atoms with van der Waals surface area (Å²) in [4.78, 5) is 36.2. The summed E-state index contributed by atoms with van der Waals surface area (Å²) in [6.45, 7) is 0.145. The molecule has 27 heavy (non-hydrogen) atoms. The van der Waals surface area contributed by atoms with Gasteiger partial charge in [0.05, 0.1) is 24.0 Å². The lowest BCUT2D eigenvalue weighted by atomic mass is 10.1. The van der Waals surface area contributed by atoms with Crippen LogP contribution in [0.15, 0.2) is 18.2 Å². The van der Waals surface area contributed by atoms with Gasteiger partial charge in [-0.3, -0.25) is 14.4 Å². The fraction of sp³-hybridized carbons (Fsp3) is 0.471. The normalized spacial score (nSPS) is 10.9. The summed E-state index contributed by atoms with van der Waals surface area (Å²) in [5.41, 5.74) is -0.741. The van der Waals surface area contributed by atoms with Crippen molar-refractivity contribution >= 4 is 29.2 Å². The predicted octanol–water partition coefficient (Wildman–Crippen LogP) is 2.17. The second-order valence-corrected chi connectivity index (χ2v) is 5.87. The molecule has 10 heteroatoms. The van der Waals surface area contributed by atoms with Crippen LogP contribution in [0.2, 0.25) is 0 Å². The Morgan fingerprint density at radius 1 is 1.11 bits per heavy atom. The van der Waals surface area contributed by atoms with Gasteiger partial charge in [0.15, 0.2) is 0 Å². The number of methoxy groups -OCH3 is 1. The van der Waals surface area contributed by atoms with Crippen LogP contribution in [-0.4, -0.2) is 45.5 Å². The highest BCUT2D eigenvalue weighted by Crippen LogP contribution is 2.34. The average molecular weight is 389 g/mol. The lowest BCUT2D eigenvalue weighted by Gasteiger charge is -2.19. The van der Waals surface area contributed by atoms with Crippen LogP contribution in [0.25, 0.3) is 0 Å². The third kappa shape index (κ3) is 7.16. The monoisotopic (exact) mass is 389 g/mol. The number of nitrogens with one attached hydrogen (secondary N) is 2. The number of unbranched alkanes of at least 4 members (excludes halogenated alkanes) is 1. The first-order valence-corrected chi connectivity index (χ1v) is 8.10. The largest absolute Gasteiger partial charge is 0.469 e. The van der Waals surface area contributed by atoms with Gasteiger partial charge in [0, 0.05) is 27.1 Å². The highest BCUT2D eigenvalue weighted by Gasteiger charge is 2.31. The van der Waals surface area contributed by atoms with E-state index < -0.39 is 23.6 Å². The minimum absolute atomic E-state index is 0.124. The Bertz CT molecular complexity index is 690. The summed E-state index contributed by atoms with van der Waals surface area (Å²) in [6, 6.07) is 2.88. The number of amides is 2. The van der Waals surface area contributed by atoms with Crippen molar-refractivity contribution in [3.63, 3.8) is 0 Å². The lowest BCUT2D eigenvalue weighted by molar-refractivity contribution is -0.140. The maximum Gasteiger partial charge on any atom is 0.416 e. The summed E-state index contributed by atoms with van der Waals surface area (Å²) < 4.78 is 43.1. The predicted molar refractivity (Wildman–Crippen MR) is 93.3 cm³/mol. The minimum atomic E-state index is -4.58. The van der Waals surface area contributed by atoms with Gasteiger partial charge in [-0.05, 0) is 31.0 Å². The Labute approximate surface area is 154 Å². The summed E-state index contributed by atoms with van der Waals surface area (Å²) in [5, 5.41) is 4.55. The minimum Gasteiger partial charge on any atom is -0.469 e. The first-order chi connectivity index (χ1) is 12.6. The third-order valence-corrected chi connectivity index (χ3v) is 3.58. The van der Waals surface area contributed by atoms with Gasteiger partial charge in [0.25, 0.3) is 0 Å². The molecule has 0 unspecified atom stereocenters. The third-order valence-electron chi connectivity index (χ3n) is 3.58. The number of carbonyl (C=O) groups excluding carboxylic acids is 3. The number of esters is 1. The molecule has 0 aliphatic carbocycles. The molecule has 0 fully saturated rings. The van der Waals surface area contributed by atoms with Gasteiger partial charge < -0.3 is 20.3 Å². The van der Waals surface area contributed by atoms with E-state index in [0.717, 1.165) is 12.1 Å². The van der Waals surface area contributed by atoms with Crippen molar-refractivity contribution in [2.24, 2.45) is 0 Å². The highest BCUT2D eigenvalue weighted by atomic mass is 19.4. The van der Waals surface area contributed by atoms with Crippen molar-refractivity contribution in [2.45, 2.75) is 25.4 Å². The molecular weight excluding hydrogens is 367 g/mol. The molecule has 0 bridgehead atoms.